The second-order valence-corrected chi connectivity index (χ2v) is 3.95. The van der Waals surface area contributed by atoms with Crippen molar-refractivity contribution in [1.29, 1.82) is 0 Å². The van der Waals surface area contributed by atoms with Crippen molar-refractivity contribution in [3.8, 4) is 5.75 Å². The molecule has 0 saturated carbocycles. The molecule has 0 N–H and O–H groups in total. The molecule has 0 fully saturated rings. The molecule has 0 saturated heterocycles. The van der Waals surface area contributed by atoms with Gasteiger partial charge in [-0.3, -0.25) is 4.68 Å². The van der Waals surface area contributed by atoms with Gasteiger partial charge >= 0.3 is 0 Å². The number of nitrogens with zero attached hydrogens (tertiary/aromatic N) is 5. The Morgan fingerprint density at radius 3 is 2.82 bits per heavy atom. The SMILES string of the molecule is CCCn1cc(OCc2nnc(C)n2C)cn1. The van der Waals surface area contributed by atoms with E-state index in [4.69, 9.17) is 4.74 Å². The summed E-state index contributed by atoms with van der Waals surface area (Å²) in [5.74, 6) is 2.45. The van der Waals surface area contributed by atoms with Crippen LogP contribution in [0.5, 0.6) is 5.75 Å². The summed E-state index contributed by atoms with van der Waals surface area (Å²) in [6.07, 6.45) is 4.68. The van der Waals surface area contributed by atoms with E-state index in [0.717, 1.165) is 30.4 Å². The normalized spacial score (nSPS) is 10.8. The first kappa shape index (κ1) is 11.6. The van der Waals surface area contributed by atoms with Crippen molar-refractivity contribution in [2.24, 2.45) is 7.05 Å². The van der Waals surface area contributed by atoms with Crippen LogP contribution in [0, 0.1) is 6.92 Å². The zero-order valence-electron chi connectivity index (χ0n) is 10.4. The number of hydrogen-bond acceptors (Lipinski definition) is 4. The highest BCUT2D eigenvalue weighted by molar-refractivity contribution is 5.12. The van der Waals surface area contributed by atoms with Gasteiger partial charge in [-0.05, 0) is 13.3 Å². The van der Waals surface area contributed by atoms with Gasteiger partial charge in [0.05, 0.1) is 12.4 Å². The molecule has 0 aliphatic carbocycles. The van der Waals surface area contributed by atoms with E-state index in [0.29, 0.717) is 6.61 Å². The second kappa shape index (κ2) is 4.99. The van der Waals surface area contributed by atoms with Gasteiger partial charge in [0.15, 0.2) is 11.6 Å². The minimum Gasteiger partial charge on any atom is -0.482 e. The summed E-state index contributed by atoms with van der Waals surface area (Å²) >= 11 is 0. The molecule has 2 aromatic rings. The van der Waals surface area contributed by atoms with E-state index in [1.807, 2.05) is 29.4 Å². The summed E-state index contributed by atoms with van der Waals surface area (Å²) in [6, 6.07) is 0. The van der Waals surface area contributed by atoms with Crippen LogP contribution in [0.4, 0.5) is 0 Å². The maximum Gasteiger partial charge on any atom is 0.170 e. The predicted molar refractivity (Wildman–Crippen MR) is 62.6 cm³/mol. The average Bonchev–Trinajstić information content (AvgIpc) is 2.87. The van der Waals surface area contributed by atoms with Crippen molar-refractivity contribution in [2.45, 2.75) is 33.4 Å². The lowest BCUT2D eigenvalue weighted by molar-refractivity contribution is 0.290. The molecule has 0 radical (unpaired) electrons. The van der Waals surface area contributed by atoms with Crippen LogP contribution in [0.1, 0.15) is 25.0 Å². The Labute approximate surface area is 100 Å². The summed E-state index contributed by atoms with van der Waals surface area (Å²) in [7, 11) is 1.93. The standard InChI is InChI=1S/C11H17N5O/c1-4-5-16-7-10(6-12-16)17-8-11-14-13-9(2)15(11)3/h6-7H,4-5,8H2,1-3H3. The number of hydrogen-bond donors (Lipinski definition) is 0. The first-order chi connectivity index (χ1) is 8.20. The molecule has 2 heterocycles. The van der Waals surface area contributed by atoms with E-state index in [-0.39, 0.29) is 0 Å². The molecule has 0 unspecified atom stereocenters. The van der Waals surface area contributed by atoms with Gasteiger partial charge in [-0.1, -0.05) is 6.92 Å². The molecule has 2 aromatic heterocycles. The maximum atomic E-state index is 5.61. The van der Waals surface area contributed by atoms with E-state index < -0.39 is 0 Å². The Hall–Kier alpha value is -1.85. The third-order valence-electron chi connectivity index (χ3n) is 2.61. The molecular formula is C11H17N5O. The topological polar surface area (TPSA) is 57.8 Å². The Morgan fingerprint density at radius 2 is 2.18 bits per heavy atom. The minimum absolute atomic E-state index is 0.412. The largest absolute Gasteiger partial charge is 0.482 e. The van der Waals surface area contributed by atoms with Crippen molar-refractivity contribution in [3.05, 3.63) is 24.0 Å². The van der Waals surface area contributed by atoms with Crippen molar-refractivity contribution in [2.75, 3.05) is 0 Å². The Bertz CT molecular complexity index is 488. The molecule has 0 atom stereocenters. The predicted octanol–water partition coefficient (Wildman–Crippen LogP) is 1.31. The van der Waals surface area contributed by atoms with E-state index >= 15 is 0 Å². The molecule has 0 spiro atoms. The molecule has 2 rings (SSSR count). The lowest BCUT2D eigenvalue weighted by Crippen LogP contribution is -2.04. The average molecular weight is 235 g/mol. The van der Waals surface area contributed by atoms with Crippen LogP contribution in [0.15, 0.2) is 12.4 Å². The second-order valence-electron chi connectivity index (χ2n) is 3.95. The van der Waals surface area contributed by atoms with E-state index in [1.54, 1.807) is 6.20 Å². The quantitative estimate of drug-likeness (QED) is 0.784. The van der Waals surface area contributed by atoms with E-state index in [9.17, 15) is 0 Å². The number of aryl methyl sites for hydroxylation is 2. The van der Waals surface area contributed by atoms with Gasteiger partial charge in [-0.2, -0.15) is 5.10 Å². The summed E-state index contributed by atoms with van der Waals surface area (Å²) in [5, 5.41) is 12.2. The van der Waals surface area contributed by atoms with Crippen LogP contribution in [0.3, 0.4) is 0 Å². The Morgan fingerprint density at radius 1 is 1.35 bits per heavy atom. The van der Waals surface area contributed by atoms with Crippen LogP contribution in [0.25, 0.3) is 0 Å². The Kier molecular flexibility index (Phi) is 3.41. The zero-order chi connectivity index (χ0) is 12.3. The first-order valence-electron chi connectivity index (χ1n) is 5.71. The number of ether oxygens (including phenoxy) is 1. The fraction of sp³-hybridized carbons (Fsp3) is 0.545. The van der Waals surface area contributed by atoms with Gasteiger partial charge in [-0.25, -0.2) is 0 Å². The van der Waals surface area contributed by atoms with Gasteiger partial charge in [0.1, 0.15) is 12.4 Å². The van der Waals surface area contributed by atoms with Crippen molar-refractivity contribution < 1.29 is 4.74 Å². The fourth-order valence-corrected chi connectivity index (χ4v) is 1.50. The van der Waals surface area contributed by atoms with Crippen molar-refractivity contribution >= 4 is 0 Å². The molecule has 6 heteroatoms. The van der Waals surface area contributed by atoms with Crippen molar-refractivity contribution in [3.63, 3.8) is 0 Å². The van der Waals surface area contributed by atoms with Crippen molar-refractivity contribution in [1.82, 2.24) is 24.5 Å². The summed E-state index contributed by atoms with van der Waals surface area (Å²) < 4.78 is 9.39. The molecular weight excluding hydrogens is 218 g/mol. The van der Waals surface area contributed by atoms with Gasteiger partial charge < -0.3 is 9.30 Å². The third kappa shape index (κ3) is 2.64. The first-order valence-corrected chi connectivity index (χ1v) is 5.71. The molecule has 0 amide bonds. The number of aromatic nitrogens is 5. The molecule has 0 aliphatic heterocycles. The zero-order valence-corrected chi connectivity index (χ0v) is 10.4. The summed E-state index contributed by atoms with van der Waals surface area (Å²) in [6.45, 7) is 5.35. The molecule has 17 heavy (non-hydrogen) atoms. The highest BCUT2D eigenvalue weighted by Crippen LogP contribution is 2.11. The van der Waals surface area contributed by atoms with Crippen LogP contribution >= 0.6 is 0 Å². The Balaban J connectivity index is 1.95. The highest BCUT2D eigenvalue weighted by Gasteiger charge is 2.06. The van der Waals surface area contributed by atoms with Gasteiger partial charge in [0.2, 0.25) is 0 Å². The smallest absolute Gasteiger partial charge is 0.170 e. The van der Waals surface area contributed by atoms with Crippen LogP contribution in [0.2, 0.25) is 0 Å². The highest BCUT2D eigenvalue weighted by atomic mass is 16.5. The maximum absolute atomic E-state index is 5.61. The van der Waals surface area contributed by atoms with Crippen LogP contribution < -0.4 is 4.74 Å². The minimum atomic E-state index is 0.412. The molecule has 6 nitrogen and oxygen atoms in total. The monoisotopic (exact) mass is 235 g/mol. The van der Waals surface area contributed by atoms with Crippen LogP contribution in [-0.4, -0.2) is 24.5 Å². The fourth-order valence-electron chi connectivity index (χ4n) is 1.50. The van der Waals surface area contributed by atoms with Gasteiger partial charge in [0.25, 0.3) is 0 Å². The lowest BCUT2D eigenvalue weighted by atomic mass is 10.5. The summed E-state index contributed by atoms with van der Waals surface area (Å²) in [5.41, 5.74) is 0. The van der Waals surface area contributed by atoms with Crippen LogP contribution in [-0.2, 0) is 20.2 Å². The molecule has 0 aliphatic rings. The van der Waals surface area contributed by atoms with E-state index in [1.165, 1.54) is 0 Å². The van der Waals surface area contributed by atoms with Gasteiger partial charge in [-0.15, -0.1) is 10.2 Å². The number of rotatable bonds is 5. The van der Waals surface area contributed by atoms with Gasteiger partial charge in [0, 0.05) is 13.6 Å². The third-order valence-corrected chi connectivity index (χ3v) is 2.61. The summed E-state index contributed by atoms with van der Waals surface area (Å²) in [4.78, 5) is 0. The molecule has 0 aromatic carbocycles. The molecule has 92 valence electrons. The van der Waals surface area contributed by atoms with E-state index in [2.05, 4.69) is 22.2 Å². The molecule has 0 bridgehead atoms. The lowest BCUT2D eigenvalue weighted by Gasteiger charge is -2.02.